The Hall–Kier alpha value is -1.35. The Labute approximate surface area is 89.3 Å². The molecule has 1 unspecified atom stereocenters. The molecule has 1 aliphatic rings. The lowest BCUT2D eigenvalue weighted by Crippen LogP contribution is -2.53. The van der Waals surface area contributed by atoms with Crippen LogP contribution in [0.5, 0.6) is 0 Å². The van der Waals surface area contributed by atoms with Crippen LogP contribution in [0.1, 0.15) is 24.9 Å². The van der Waals surface area contributed by atoms with Gasteiger partial charge in [-0.1, -0.05) is 30.3 Å². The van der Waals surface area contributed by atoms with Crippen LogP contribution in [0.4, 0.5) is 0 Å². The predicted octanol–water partition coefficient (Wildman–Crippen LogP) is 1.91. The smallest absolute Gasteiger partial charge is 0.320 e. The molecule has 0 bridgehead atoms. The Kier molecular flexibility index (Phi) is 2.73. The van der Waals surface area contributed by atoms with Crippen molar-refractivity contribution in [3.05, 3.63) is 35.9 Å². The largest absolute Gasteiger partial charge is 0.480 e. The second-order valence-corrected chi connectivity index (χ2v) is 3.97. The Bertz CT molecular complexity index is 350. The van der Waals surface area contributed by atoms with Gasteiger partial charge in [0.2, 0.25) is 0 Å². The van der Waals surface area contributed by atoms with E-state index in [9.17, 15) is 4.79 Å². The first kappa shape index (κ1) is 10.2. The van der Waals surface area contributed by atoms with Crippen molar-refractivity contribution in [2.24, 2.45) is 0 Å². The average Bonchev–Trinajstić information content (AvgIpc) is 2.16. The molecule has 0 aromatic heterocycles. The second kappa shape index (κ2) is 4.03. The number of carboxylic acid groups (broad SMARTS) is 1. The molecule has 0 aliphatic carbocycles. The Morgan fingerprint density at radius 2 is 2.13 bits per heavy atom. The molecule has 1 aromatic carbocycles. The summed E-state index contributed by atoms with van der Waals surface area (Å²) in [6, 6.07) is 9.94. The molecule has 3 heteroatoms. The van der Waals surface area contributed by atoms with Gasteiger partial charge in [0, 0.05) is 12.6 Å². The molecule has 2 atom stereocenters. The lowest BCUT2D eigenvalue weighted by molar-refractivity contribution is -0.150. The minimum Gasteiger partial charge on any atom is -0.480 e. The zero-order valence-corrected chi connectivity index (χ0v) is 8.76. The first-order valence-electron chi connectivity index (χ1n) is 5.23. The van der Waals surface area contributed by atoms with Gasteiger partial charge >= 0.3 is 5.97 Å². The predicted molar refractivity (Wildman–Crippen MR) is 57.6 cm³/mol. The standard InChI is InChI=1S/C12H15NO2/c1-9(10-5-3-2-4-6-10)13-8-7-11(13)12(14)15/h2-6,9,11H,7-8H2,1H3,(H,14,15)/t9?,11-/m1/s1. The van der Waals surface area contributed by atoms with Gasteiger partial charge in [0.25, 0.3) is 0 Å². The van der Waals surface area contributed by atoms with E-state index in [0.717, 1.165) is 13.0 Å². The summed E-state index contributed by atoms with van der Waals surface area (Å²) in [5.74, 6) is -0.705. The molecule has 0 amide bonds. The number of nitrogens with zero attached hydrogens (tertiary/aromatic N) is 1. The molecular weight excluding hydrogens is 190 g/mol. The van der Waals surface area contributed by atoms with Crippen molar-refractivity contribution in [2.75, 3.05) is 6.54 Å². The summed E-state index contributed by atoms with van der Waals surface area (Å²) in [4.78, 5) is 12.9. The first-order valence-corrected chi connectivity index (χ1v) is 5.23. The number of likely N-dealkylation sites (tertiary alicyclic amines) is 1. The molecule has 1 fully saturated rings. The number of benzene rings is 1. The van der Waals surface area contributed by atoms with Crippen LogP contribution in [0, 0.1) is 0 Å². The first-order chi connectivity index (χ1) is 7.20. The summed E-state index contributed by atoms with van der Waals surface area (Å²) in [6.07, 6.45) is 0.770. The van der Waals surface area contributed by atoms with E-state index in [2.05, 4.69) is 6.92 Å². The van der Waals surface area contributed by atoms with Gasteiger partial charge in [0.05, 0.1) is 0 Å². The third-order valence-corrected chi connectivity index (χ3v) is 3.13. The summed E-state index contributed by atoms with van der Waals surface area (Å²) in [5, 5.41) is 8.96. The van der Waals surface area contributed by atoms with E-state index in [1.807, 2.05) is 35.2 Å². The van der Waals surface area contributed by atoms with E-state index in [1.165, 1.54) is 5.56 Å². The topological polar surface area (TPSA) is 40.5 Å². The molecular formula is C12H15NO2. The lowest BCUT2D eigenvalue weighted by Gasteiger charge is -2.42. The van der Waals surface area contributed by atoms with Gasteiger partial charge in [-0.25, -0.2) is 0 Å². The Morgan fingerprint density at radius 1 is 1.47 bits per heavy atom. The van der Waals surface area contributed by atoms with E-state index in [4.69, 9.17) is 5.11 Å². The van der Waals surface area contributed by atoms with E-state index in [1.54, 1.807) is 0 Å². The van der Waals surface area contributed by atoms with E-state index in [-0.39, 0.29) is 12.1 Å². The van der Waals surface area contributed by atoms with Crippen molar-refractivity contribution in [3.63, 3.8) is 0 Å². The van der Waals surface area contributed by atoms with Gasteiger partial charge in [-0.15, -0.1) is 0 Å². The van der Waals surface area contributed by atoms with E-state index < -0.39 is 5.97 Å². The monoisotopic (exact) mass is 205 g/mol. The quantitative estimate of drug-likeness (QED) is 0.819. The third kappa shape index (κ3) is 1.88. The molecule has 15 heavy (non-hydrogen) atoms. The molecule has 1 saturated heterocycles. The van der Waals surface area contributed by atoms with Crippen molar-refractivity contribution in [1.82, 2.24) is 4.90 Å². The Morgan fingerprint density at radius 3 is 2.60 bits per heavy atom. The van der Waals surface area contributed by atoms with Crippen LogP contribution in [0.2, 0.25) is 0 Å². The van der Waals surface area contributed by atoms with Gasteiger partial charge in [-0.2, -0.15) is 0 Å². The molecule has 1 heterocycles. The van der Waals surface area contributed by atoms with Crippen molar-refractivity contribution < 1.29 is 9.90 Å². The summed E-state index contributed by atoms with van der Waals surface area (Å²) >= 11 is 0. The maximum absolute atomic E-state index is 10.9. The number of aliphatic carboxylic acids is 1. The van der Waals surface area contributed by atoms with E-state index in [0.29, 0.717) is 0 Å². The Balaban J connectivity index is 2.09. The van der Waals surface area contributed by atoms with Crippen molar-refractivity contribution in [2.45, 2.75) is 25.4 Å². The fourth-order valence-corrected chi connectivity index (χ4v) is 2.06. The minimum atomic E-state index is -0.705. The SMILES string of the molecule is CC(c1ccccc1)N1CC[C@@H]1C(=O)O. The van der Waals surface area contributed by atoms with Crippen LogP contribution in [0.25, 0.3) is 0 Å². The highest BCUT2D eigenvalue weighted by atomic mass is 16.4. The summed E-state index contributed by atoms with van der Waals surface area (Å²) in [6.45, 7) is 2.94. The maximum Gasteiger partial charge on any atom is 0.320 e. The van der Waals surface area contributed by atoms with Gasteiger partial charge in [-0.3, -0.25) is 9.69 Å². The zero-order valence-electron chi connectivity index (χ0n) is 8.76. The van der Waals surface area contributed by atoms with Crippen LogP contribution in [-0.4, -0.2) is 28.6 Å². The highest BCUT2D eigenvalue weighted by molar-refractivity contribution is 5.74. The van der Waals surface area contributed by atoms with Gasteiger partial charge in [0.15, 0.2) is 0 Å². The minimum absolute atomic E-state index is 0.195. The highest BCUT2D eigenvalue weighted by Gasteiger charge is 2.37. The van der Waals surface area contributed by atoms with Crippen LogP contribution < -0.4 is 0 Å². The molecule has 1 aromatic rings. The lowest BCUT2D eigenvalue weighted by atomic mass is 9.96. The van der Waals surface area contributed by atoms with Gasteiger partial charge in [-0.05, 0) is 18.9 Å². The summed E-state index contributed by atoms with van der Waals surface area (Å²) < 4.78 is 0. The van der Waals surface area contributed by atoms with Crippen LogP contribution in [-0.2, 0) is 4.79 Å². The highest BCUT2D eigenvalue weighted by Crippen LogP contribution is 2.29. The molecule has 0 radical (unpaired) electrons. The summed E-state index contributed by atoms with van der Waals surface area (Å²) in [5.41, 5.74) is 1.18. The number of carbonyl (C=O) groups is 1. The fourth-order valence-electron chi connectivity index (χ4n) is 2.06. The number of carboxylic acids is 1. The molecule has 0 saturated carbocycles. The maximum atomic E-state index is 10.9. The fraction of sp³-hybridized carbons (Fsp3) is 0.417. The molecule has 0 spiro atoms. The van der Waals surface area contributed by atoms with Crippen LogP contribution in [0.3, 0.4) is 0 Å². The van der Waals surface area contributed by atoms with Crippen molar-refractivity contribution in [3.8, 4) is 0 Å². The van der Waals surface area contributed by atoms with Crippen molar-refractivity contribution >= 4 is 5.97 Å². The number of hydrogen-bond donors (Lipinski definition) is 1. The number of hydrogen-bond acceptors (Lipinski definition) is 2. The molecule has 2 rings (SSSR count). The van der Waals surface area contributed by atoms with E-state index >= 15 is 0 Å². The molecule has 3 nitrogen and oxygen atoms in total. The zero-order chi connectivity index (χ0) is 10.8. The van der Waals surface area contributed by atoms with Crippen LogP contribution >= 0.6 is 0 Å². The number of rotatable bonds is 3. The summed E-state index contributed by atoms with van der Waals surface area (Å²) in [7, 11) is 0. The van der Waals surface area contributed by atoms with Crippen molar-refractivity contribution in [1.29, 1.82) is 0 Å². The van der Waals surface area contributed by atoms with Crippen LogP contribution in [0.15, 0.2) is 30.3 Å². The second-order valence-electron chi connectivity index (χ2n) is 3.97. The third-order valence-electron chi connectivity index (χ3n) is 3.13. The average molecular weight is 205 g/mol. The van der Waals surface area contributed by atoms with Gasteiger partial charge in [0.1, 0.15) is 6.04 Å². The molecule has 1 aliphatic heterocycles. The molecule has 1 N–H and O–H groups in total. The molecule has 80 valence electrons. The van der Waals surface area contributed by atoms with Gasteiger partial charge < -0.3 is 5.11 Å². The normalized spacial score (nSPS) is 23.1.